The summed E-state index contributed by atoms with van der Waals surface area (Å²) in [6.07, 6.45) is 5.36. The van der Waals surface area contributed by atoms with E-state index in [1.807, 2.05) is 12.3 Å². The Bertz CT molecular complexity index is 696. The summed E-state index contributed by atoms with van der Waals surface area (Å²) in [4.78, 5) is 7.13. The molecule has 3 heteroatoms. The highest BCUT2D eigenvalue weighted by atomic mass is 16.5. The number of ether oxygens (including phenoxy) is 1. The molecule has 0 spiro atoms. The molecular formula is C20H24N2O. The lowest BCUT2D eigenvalue weighted by molar-refractivity contribution is 0.138. The predicted molar refractivity (Wildman–Crippen MR) is 91.5 cm³/mol. The second kappa shape index (κ2) is 5.64. The third kappa shape index (κ3) is 2.98. The van der Waals surface area contributed by atoms with Gasteiger partial charge in [0.05, 0.1) is 11.7 Å². The van der Waals surface area contributed by atoms with Gasteiger partial charge in [0.2, 0.25) is 0 Å². The smallest absolute Gasteiger partial charge is 0.123 e. The van der Waals surface area contributed by atoms with Crippen molar-refractivity contribution in [1.82, 2.24) is 9.88 Å². The molecule has 1 saturated heterocycles. The summed E-state index contributed by atoms with van der Waals surface area (Å²) in [6.45, 7) is 6.46. The number of fused-ring (bicyclic) bond motifs is 1. The van der Waals surface area contributed by atoms with E-state index in [1.54, 1.807) is 0 Å². The lowest BCUT2D eigenvalue weighted by Gasteiger charge is -2.24. The average Bonchev–Trinajstić information content (AvgIpc) is 3.10. The van der Waals surface area contributed by atoms with Crippen molar-refractivity contribution >= 4 is 0 Å². The van der Waals surface area contributed by atoms with Gasteiger partial charge in [-0.05, 0) is 62.6 Å². The first kappa shape index (κ1) is 14.7. The molecule has 2 aliphatic rings. The fourth-order valence-electron chi connectivity index (χ4n) is 3.92. The molecule has 1 atom stereocenters. The molecule has 1 aromatic carbocycles. The van der Waals surface area contributed by atoms with E-state index in [0.717, 1.165) is 25.3 Å². The lowest BCUT2D eigenvalue weighted by atomic mass is 10.00. The highest BCUT2D eigenvalue weighted by Gasteiger charge is 2.31. The first-order valence-electron chi connectivity index (χ1n) is 8.57. The van der Waals surface area contributed by atoms with Crippen LogP contribution in [0.25, 0.3) is 0 Å². The minimum atomic E-state index is -0.0644. The SMILES string of the molecule is CC1(C)Cc2cc(CN3CCC[C@H]3c3ccccn3)ccc2O1. The highest BCUT2D eigenvalue weighted by Crippen LogP contribution is 2.37. The molecule has 4 rings (SSSR count). The van der Waals surface area contributed by atoms with Crippen LogP contribution in [-0.2, 0) is 13.0 Å². The first-order chi connectivity index (χ1) is 11.1. The normalized spacial score (nSPS) is 22.8. The van der Waals surface area contributed by atoms with Crippen LogP contribution >= 0.6 is 0 Å². The van der Waals surface area contributed by atoms with Gasteiger partial charge in [-0.1, -0.05) is 18.2 Å². The van der Waals surface area contributed by atoms with Crippen molar-refractivity contribution in [3.8, 4) is 5.75 Å². The standard InChI is InChI=1S/C20H24N2O/c1-20(2)13-16-12-15(8-9-19(16)23-20)14-22-11-5-7-18(22)17-6-3-4-10-21-17/h3-4,6,8-10,12,18H,5,7,11,13-14H2,1-2H3/t18-/m0/s1. The van der Waals surface area contributed by atoms with Gasteiger partial charge in [0.25, 0.3) is 0 Å². The maximum atomic E-state index is 5.99. The van der Waals surface area contributed by atoms with Crippen molar-refractivity contribution in [1.29, 1.82) is 0 Å². The van der Waals surface area contributed by atoms with Gasteiger partial charge < -0.3 is 4.74 Å². The Hall–Kier alpha value is -1.87. The van der Waals surface area contributed by atoms with Crippen molar-refractivity contribution in [2.45, 2.75) is 51.3 Å². The van der Waals surface area contributed by atoms with Gasteiger partial charge in [-0.3, -0.25) is 9.88 Å². The predicted octanol–water partition coefficient (Wildman–Crippen LogP) is 4.13. The zero-order valence-corrected chi connectivity index (χ0v) is 14.0. The maximum absolute atomic E-state index is 5.99. The van der Waals surface area contributed by atoms with Crippen LogP contribution < -0.4 is 4.74 Å². The Morgan fingerprint density at radius 3 is 3.00 bits per heavy atom. The number of hydrogen-bond acceptors (Lipinski definition) is 3. The molecule has 0 amide bonds. The van der Waals surface area contributed by atoms with E-state index in [1.165, 1.54) is 29.7 Å². The van der Waals surface area contributed by atoms with Crippen molar-refractivity contribution < 1.29 is 4.74 Å². The number of pyridine rings is 1. The minimum Gasteiger partial charge on any atom is -0.487 e. The van der Waals surface area contributed by atoms with Crippen LogP contribution in [0.5, 0.6) is 5.75 Å². The number of benzene rings is 1. The molecule has 3 heterocycles. The third-order valence-electron chi connectivity index (χ3n) is 4.91. The van der Waals surface area contributed by atoms with E-state index in [-0.39, 0.29) is 5.60 Å². The molecule has 23 heavy (non-hydrogen) atoms. The Morgan fingerprint density at radius 1 is 1.26 bits per heavy atom. The van der Waals surface area contributed by atoms with Gasteiger partial charge in [-0.25, -0.2) is 0 Å². The Balaban J connectivity index is 1.52. The summed E-state index contributed by atoms with van der Waals surface area (Å²) >= 11 is 0. The molecule has 0 bridgehead atoms. The Labute approximate surface area is 138 Å². The summed E-state index contributed by atoms with van der Waals surface area (Å²) < 4.78 is 5.99. The molecule has 120 valence electrons. The molecule has 0 radical (unpaired) electrons. The van der Waals surface area contributed by atoms with E-state index in [2.05, 4.69) is 54.1 Å². The summed E-state index contributed by atoms with van der Waals surface area (Å²) in [6, 6.07) is 13.4. The van der Waals surface area contributed by atoms with E-state index >= 15 is 0 Å². The molecular weight excluding hydrogens is 284 g/mol. The van der Waals surface area contributed by atoms with Gasteiger partial charge in [0, 0.05) is 19.2 Å². The molecule has 0 saturated carbocycles. The second-order valence-corrected chi connectivity index (χ2v) is 7.36. The monoisotopic (exact) mass is 308 g/mol. The Morgan fingerprint density at radius 2 is 2.17 bits per heavy atom. The molecule has 2 aromatic rings. The fourth-order valence-corrected chi connectivity index (χ4v) is 3.92. The van der Waals surface area contributed by atoms with Crippen LogP contribution in [-0.4, -0.2) is 22.0 Å². The summed E-state index contributed by atoms with van der Waals surface area (Å²) in [7, 11) is 0. The third-order valence-corrected chi connectivity index (χ3v) is 4.91. The van der Waals surface area contributed by atoms with Gasteiger partial charge in [-0.15, -0.1) is 0 Å². The largest absolute Gasteiger partial charge is 0.487 e. The van der Waals surface area contributed by atoms with Crippen LogP contribution in [0, 0.1) is 0 Å². The first-order valence-corrected chi connectivity index (χ1v) is 8.57. The minimum absolute atomic E-state index is 0.0644. The molecule has 0 unspecified atom stereocenters. The maximum Gasteiger partial charge on any atom is 0.123 e. The number of likely N-dealkylation sites (tertiary alicyclic amines) is 1. The molecule has 0 N–H and O–H groups in total. The molecule has 1 fully saturated rings. The van der Waals surface area contributed by atoms with Gasteiger partial charge in [0.15, 0.2) is 0 Å². The average molecular weight is 308 g/mol. The van der Waals surface area contributed by atoms with Gasteiger partial charge >= 0.3 is 0 Å². The van der Waals surface area contributed by atoms with E-state index < -0.39 is 0 Å². The van der Waals surface area contributed by atoms with E-state index in [9.17, 15) is 0 Å². The van der Waals surface area contributed by atoms with Crippen LogP contribution in [0.15, 0.2) is 42.6 Å². The van der Waals surface area contributed by atoms with Crippen LogP contribution in [0.2, 0.25) is 0 Å². The van der Waals surface area contributed by atoms with Gasteiger partial charge in [0.1, 0.15) is 11.4 Å². The van der Waals surface area contributed by atoms with Crippen LogP contribution in [0.1, 0.15) is 49.6 Å². The summed E-state index contributed by atoms with van der Waals surface area (Å²) in [5.41, 5.74) is 3.87. The van der Waals surface area contributed by atoms with Crippen molar-refractivity contribution in [3.05, 3.63) is 59.4 Å². The molecule has 2 aliphatic heterocycles. The fraction of sp³-hybridized carbons (Fsp3) is 0.450. The zero-order valence-electron chi connectivity index (χ0n) is 14.0. The number of hydrogen-bond donors (Lipinski definition) is 0. The van der Waals surface area contributed by atoms with Crippen molar-refractivity contribution in [2.24, 2.45) is 0 Å². The topological polar surface area (TPSA) is 25.4 Å². The lowest BCUT2D eigenvalue weighted by Crippen LogP contribution is -2.24. The second-order valence-electron chi connectivity index (χ2n) is 7.36. The van der Waals surface area contributed by atoms with E-state index in [0.29, 0.717) is 6.04 Å². The van der Waals surface area contributed by atoms with Crippen LogP contribution in [0.3, 0.4) is 0 Å². The number of nitrogens with zero attached hydrogens (tertiary/aromatic N) is 2. The summed E-state index contributed by atoms with van der Waals surface area (Å²) in [5, 5.41) is 0. The van der Waals surface area contributed by atoms with E-state index in [4.69, 9.17) is 4.74 Å². The molecule has 3 nitrogen and oxygen atoms in total. The zero-order chi connectivity index (χ0) is 15.9. The van der Waals surface area contributed by atoms with Crippen molar-refractivity contribution in [2.75, 3.05) is 6.54 Å². The van der Waals surface area contributed by atoms with Crippen molar-refractivity contribution in [3.63, 3.8) is 0 Å². The summed E-state index contributed by atoms with van der Waals surface area (Å²) in [5.74, 6) is 1.06. The van der Waals surface area contributed by atoms with Gasteiger partial charge in [-0.2, -0.15) is 0 Å². The Kier molecular flexibility index (Phi) is 3.61. The number of aromatic nitrogens is 1. The molecule has 0 aliphatic carbocycles. The number of rotatable bonds is 3. The quantitative estimate of drug-likeness (QED) is 0.852. The highest BCUT2D eigenvalue weighted by molar-refractivity contribution is 5.41. The van der Waals surface area contributed by atoms with Crippen LogP contribution in [0.4, 0.5) is 0 Å². The molecule has 1 aromatic heterocycles.